The Balaban J connectivity index is 3.07. The molecule has 0 aliphatic heterocycles. The summed E-state index contributed by atoms with van der Waals surface area (Å²) in [6, 6.07) is 2.07. The zero-order valence-corrected chi connectivity index (χ0v) is 8.56. The normalized spacial score (nSPS) is 9.62. The minimum atomic E-state index is 0.504. The molecule has 70 valence electrons. The van der Waals surface area contributed by atoms with Crippen LogP contribution in [0.25, 0.3) is 0 Å². The van der Waals surface area contributed by atoms with Crippen molar-refractivity contribution in [2.45, 2.75) is 13.8 Å². The van der Waals surface area contributed by atoms with E-state index in [9.17, 15) is 0 Å². The summed E-state index contributed by atoms with van der Waals surface area (Å²) in [7, 11) is 0. The van der Waals surface area contributed by atoms with Gasteiger partial charge in [-0.25, -0.2) is 0 Å². The number of nitrogens with zero attached hydrogens (tertiary/aromatic N) is 3. The number of nitriles is 1. The Morgan fingerprint density at radius 2 is 2.15 bits per heavy atom. The zero-order valence-electron chi connectivity index (χ0n) is 7.74. The van der Waals surface area contributed by atoms with Gasteiger partial charge in [-0.1, -0.05) is 0 Å². The molecule has 0 aromatic carbocycles. The number of anilines is 2. The summed E-state index contributed by atoms with van der Waals surface area (Å²) < 4.78 is 4.15. The van der Waals surface area contributed by atoms with Crippen LogP contribution >= 0.6 is 11.5 Å². The standard InChI is InChI=1S/C8H12N4S/c1-3-12(4-2)8-6(5-9)7(10)13-11-8/h3-4,10H2,1-2H3. The monoisotopic (exact) mass is 196 g/mol. The first-order valence-electron chi connectivity index (χ1n) is 4.14. The number of aromatic nitrogens is 1. The molecular weight excluding hydrogens is 184 g/mol. The highest BCUT2D eigenvalue weighted by Crippen LogP contribution is 2.27. The van der Waals surface area contributed by atoms with Gasteiger partial charge in [0.25, 0.3) is 0 Å². The van der Waals surface area contributed by atoms with Crippen LogP contribution in [-0.4, -0.2) is 17.5 Å². The Labute approximate surface area is 81.7 Å². The molecule has 0 bridgehead atoms. The van der Waals surface area contributed by atoms with Crippen molar-refractivity contribution in [3.63, 3.8) is 0 Å². The van der Waals surface area contributed by atoms with Crippen molar-refractivity contribution in [1.29, 1.82) is 5.26 Å². The van der Waals surface area contributed by atoms with Crippen LogP contribution < -0.4 is 10.6 Å². The van der Waals surface area contributed by atoms with E-state index in [2.05, 4.69) is 10.4 Å². The van der Waals surface area contributed by atoms with E-state index in [4.69, 9.17) is 11.0 Å². The Morgan fingerprint density at radius 3 is 2.62 bits per heavy atom. The van der Waals surface area contributed by atoms with Gasteiger partial charge in [0.15, 0.2) is 5.82 Å². The predicted molar refractivity (Wildman–Crippen MR) is 54.8 cm³/mol. The van der Waals surface area contributed by atoms with E-state index in [0.717, 1.165) is 18.9 Å². The summed E-state index contributed by atoms with van der Waals surface area (Å²) in [5.74, 6) is 0.718. The fourth-order valence-electron chi connectivity index (χ4n) is 1.14. The SMILES string of the molecule is CCN(CC)c1nsc(N)c1C#N. The first-order valence-corrected chi connectivity index (χ1v) is 4.92. The van der Waals surface area contributed by atoms with Gasteiger partial charge in [0, 0.05) is 13.1 Å². The van der Waals surface area contributed by atoms with Crippen molar-refractivity contribution in [1.82, 2.24) is 4.37 Å². The molecule has 1 heterocycles. The van der Waals surface area contributed by atoms with Gasteiger partial charge in [0.05, 0.1) is 0 Å². The Hall–Kier alpha value is -1.28. The molecular formula is C8H12N4S. The van der Waals surface area contributed by atoms with Gasteiger partial charge < -0.3 is 10.6 Å². The van der Waals surface area contributed by atoms with E-state index in [-0.39, 0.29) is 0 Å². The van der Waals surface area contributed by atoms with E-state index >= 15 is 0 Å². The lowest BCUT2D eigenvalue weighted by Gasteiger charge is -2.17. The molecule has 13 heavy (non-hydrogen) atoms. The second kappa shape index (κ2) is 4.10. The van der Waals surface area contributed by atoms with Crippen molar-refractivity contribution in [3.8, 4) is 6.07 Å². The summed E-state index contributed by atoms with van der Waals surface area (Å²) in [5, 5.41) is 9.34. The smallest absolute Gasteiger partial charge is 0.162 e. The number of hydrogen-bond acceptors (Lipinski definition) is 5. The number of nitrogens with two attached hydrogens (primary N) is 1. The van der Waals surface area contributed by atoms with Crippen LogP contribution in [0.1, 0.15) is 19.4 Å². The third kappa shape index (κ3) is 1.73. The maximum atomic E-state index is 8.84. The average Bonchev–Trinajstić information content (AvgIpc) is 2.50. The van der Waals surface area contributed by atoms with Crippen molar-refractivity contribution < 1.29 is 0 Å². The Kier molecular flexibility index (Phi) is 3.09. The fourth-order valence-corrected chi connectivity index (χ4v) is 1.76. The van der Waals surface area contributed by atoms with Gasteiger partial charge in [0.1, 0.15) is 16.6 Å². The fraction of sp³-hybridized carbons (Fsp3) is 0.500. The maximum absolute atomic E-state index is 8.84. The summed E-state index contributed by atoms with van der Waals surface area (Å²) in [5.41, 5.74) is 6.11. The van der Waals surface area contributed by atoms with E-state index in [1.54, 1.807) is 0 Å². The van der Waals surface area contributed by atoms with E-state index < -0.39 is 0 Å². The Bertz CT molecular complexity index is 321. The van der Waals surface area contributed by atoms with Gasteiger partial charge in [-0.2, -0.15) is 9.64 Å². The molecule has 4 nitrogen and oxygen atoms in total. The molecule has 0 saturated carbocycles. The minimum absolute atomic E-state index is 0.504. The minimum Gasteiger partial charge on any atom is -0.388 e. The summed E-state index contributed by atoms with van der Waals surface area (Å²) in [6.07, 6.45) is 0. The molecule has 0 aliphatic rings. The molecule has 0 aliphatic carbocycles. The molecule has 2 N–H and O–H groups in total. The van der Waals surface area contributed by atoms with Crippen LogP contribution in [0.4, 0.5) is 10.8 Å². The molecule has 0 fully saturated rings. The second-order valence-electron chi connectivity index (χ2n) is 2.53. The summed E-state index contributed by atoms with van der Waals surface area (Å²) >= 11 is 1.18. The molecule has 0 amide bonds. The van der Waals surface area contributed by atoms with Crippen molar-refractivity contribution in [2.24, 2.45) is 0 Å². The van der Waals surface area contributed by atoms with Crippen molar-refractivity contribution in [2.75, 3.05) is 23.7 Å². The number of rotatable bonds is 3. The molecule has 0 spiro atoms. The highest BCUT2D eigenvalue weighted by Gasteiger charge is 2.14. The molecule has 0 radical (unpaired) electrons. The first-order chi connectivity index (χ1) is 6.24. The van der Waals surface area contributed by atoms with Gasteiger partial charge in [-0.3, -0.25) is 0 Å². The largest absolute Gasteiger partial charge is 0.388 e. The lowest BCUT2D eigenvalue weighted by molar-refractivity contribution is 0.853. The predicted octanol–water partition coefficient (Wildman–Crippen LogP) is 1.44. The summed E-state index contributed by atoms with van der Waals surface area (Å²) in [6.45, 7) is 5.74. The van der Waals surface area contributed by atoms with E-state index in [1.807, 2.05) is 18.7 Å². The van der Waals surface area contributed by atoms with Gasteiger partial charge in [0.2, 0.25) is 0 Å². The van der Waals surface area contributed by atoms with Crippen LogP contribution in [0.15, 0.2) is 0 Å². The highest BCUT2D eigenvalue weighted by atomic mass is 32.1. The average molecular weight is 196 g/mol. The van der Waals surface area contributed by atoms with Crippen LogP contribution in [0, 0.1) is 11.3 Å². The van der Waals surface area contributed by atoms with Crippen molar-refractivity contribution in [3.05, 3.63) is 5.56 Å². The van der Waals surface area contributed by atoms with Crippen molar-refractivity contribution >= 4 is 22.4 Å². The molecule has 0 atom stereocenters. The van der Waals surface area contributed by atoms with E-state index in [0.29, 0.717) is 10.6 Å². The lowest BCUT2D eigenvalue weighted by atomic mass is 10.3. The second-order valence-corrected chi connectivity index (χ2v) is 3.33. The Morgan fingerprint density at radius 1 is 1.54 bits per heavy atom. The topological polar surface area (TPSA) is 65.9 Å². The molecule has 1 aromatic rings. The number of nitrogen functional groups attached to an aromatic ring is 1. The van der Waals surface area contributed by atoms with Gasteiger partial charge >= 0.3 is 0 Å². The first kappa shape index (κ1) is 9.81. The third-order valence-corrected chi connectivity index (χ3v) is 2.54. The molecule has 1 rings (SSSR count). The van der Waals surface area contributed by atoms with Gasteiger partial charge in [-0.15, -0.1) is 0 Å². The quantitative estimate of drug-likeness (QED) is 0.794. The molecule has 0 saturated heterocycles. The summed E-state index contributed by atoms with van der Waals surface area (Å²) in [4.78, 5) is 2.02. The van der Waals surface area contributed by atoms with Crippen LogP contribution in [0.5, 0.6) is 0 Å². The maximum Gasteiger partial charge on any atom is 0.162 e. The van der Waals surface area contributed by atoms with Crippen LogP contribution in [-0.2, 0) is 0 Å². The zero-order chi connectivity index (χ0) is 9.84. The van der Waals surface area contributed by atoms with E-state index in [1.165, 1.54) is 11.5 Å². The van der Waals surface area contributed by atoms with Gasteiger partial charge in [-0.05, 0) is 25.4 Å². The molecule has 1 aromatic heterocycles. The number of hydrogen-bond donors (Lipinski definition) is 1. The van der Waals surface area contributed by atoms with Crippen LogP contribution in [0.3, 0.4) is 0 Å². The molecule has 0 unspecified atom stereocenters. The molecule has 5 heteroatoms. The lowest BCUT2D eigenvalue weighted by Crippen LogP contribution is -2.22. The third-order valence-electron chi connectivity index (χ3n) is 1.88. The highest BCUT2D eigenvalue weighted by molar-refractivity contribution is 7.10. The van der Waals surface area contributed by atoms with Crippen LogP contribution in [0.2, 0.25) is 0 Å².